The topological polar surface area (TPSA) is 48.7 Å². The first kappa shape index (κ1) is 13.2. The first-order chi connectivity index (χ1) is 10.2. The smallest absolute Gasteiger partial charge is 0.374 e. The van der Waals surface area contributed by atoms with Crippen molar-refractivity contribution in [1.82, 2.24) is 0 Å². The van der Waals surface area contributed by atoms with E-state index >= 15 is 0 Å². The molecule has 0 saturated heterocycles. The number of benzene rings is 2. The van der Waals surface area contributed by atoms with Gasteiger partial charge in [0.25, 0.3) is 0 Å². The quantitative estimate of drug-likeness (QED) is 0.684. The number of furan rings is 1. The van der Waals surface area contributed by atoms with Crippen LogP contribution >= 0.6 is 0 Å². The lowest BCUT2D eigenvalue weighted by Gasteiger charge is -2.02. The Kier molecular flexibility index (Phi) is 3.36. The molecule has 0 aliphatic rings. The van der Waals surface area contributed by atoms with E-state index in [0.29, 0.717) is 11.3 Å². The van der Waals surface area contributed by atoms with Crippen molar-refractivity contribution in [2.45, 2.75) is 0 Å². The fourth-order valence-corrected chi connectivity index (χ4v) is 2.33. The van der Waals surface area contributed by atoms with Gasteiger partial charge in [0.1, 0.15) is 11.3 Å². The zero-order valence-electron chi connectivity index (χ0n) is 11.8. The number of carbonyl (C=O) groups is 1. The van der Waals surface area contributed by atoms with Crippen LogP contribution in [0.2, 0.25) is 0 Å². The van der Waals surface area contributed by atoms with Crippen LogP contribution in [0.5, 0.6) is 5.75 Å². The third-order valence-corrected chi connectivity index (χ3v) is 3.33. The summed E-state index contributed by atoms with van der Waals surface area (Å²) in [4.78, 5) is 12.0. The molecule has 0 fully saturated rings. The fourth-order valence-electron chi connectivity index (χ4n) is 2.33. The number of ether oxygens (including phenoxy) is 2. The van der Waals surface area contributed by atoms with Crippen LogP contribution in [-0.2, 0) is 4.74 Å². The minimum absolute atomic E-state index is 0.201. The molecule has 0 N–H and O–H groups in total. The van der Waals surface area contributed by atoms with Gasteiger partial charge in [-0.05, 0) is 17.7 Å². The summed E-state index contributed by atoms with van der Waals surface area (Å²) in [6.45, 7) is 0. The molecule has 0 aliphatic carbocycles. The minimum atomic E-state index is -0.496. The Morgan fingerprint density at radius 1 is 1.05 bits per heavy atom. The van der Waals surface area contributed by atoms with E-state index in [2.05, 4.69) is 0 Å². The lowest BCUT2D eigenvalue weighted by Crippen LogP contribution is -2.00. The molecule has 2 aromatic carbocycles. The van der Waals surface area contributed by atoms with Gasteiger partial charge in [0.05, 0.1) is 14.2 Å². The highest BCUT2D eigenvalue weighted by molar-refractivity contribution is 6.06. The van der Waals surface area contributed by atoms with E-state index in [-0.39, 0.29) is 5.76 Å². The molecular weight excluding hydrogens is 268 g/mol. The highest BCUT2D eigenvalue weighted by atomic mass is 16.5. The molecule has 1 heterocycles. The summed E-state index contributed by atoms with van der Waals surface area (Å²) in [7, 11) is 2.92. The first-order valence-corrected chi connectivity index (χ1v) is 6.49. The Morgan fingerprint density at radius 2 is 1.81 bits per heavy atom. The van der Waals surface area contributed by atoms with E-state index in [1.807, 2.05) is 42.5 Å². The number of fused-ring (bicyclic) bond motifs is 1. The summed E-state index contributed by atoms with van der Waals surface area (Å²) in [5.41, 5.74) is 2.23. The molecule has 0 radical (unpaired) electrons. The summed E-state index contributed by atoms with van der Waals surface area (Å²) < 4.78 is 15.7. The van der Waals surface area contributed by atoms with Crippen molar-refractivity contribution in [2.24, 2.45) is 0 Å². The lowest BCUT2D eigenvalue weighted by atomic mass is 10.0. The highest BCUT2D eigenvalue weighted by Crippen LogP contribution is 2.36. The second kappa shape index (κ2) is 5.32. The summed E-state index contributed by atoms with van der Waals surface area (Å²) in [6.07, 6.45) is 0. The third kappa shape index (κ3) is 2.25. The molecule has 0 unspecified atom stereocenters. The molecule has 3 rings (SSSR count). The van der Waals surface area contributed by atoms with Gasteiger partial charge in [0, 0.05) is 17.0 Å². The maximum absolute atomic E-state index is 12.0. The highest BCUT2D eigenvalue weighted by Gasteiger charge is 2.22. The van der Waals surface area contributed by atoms with Gasteiger partial charge in [0.2, 0.25) is 5.76 Å². The molecule has 21 heavy (non-hydrogen) atoms. The molecule has 4 heteroatoms. The number of hydrogen-bond acceptors (Lipinski definition) is 4. The summed E-state index contributed by atoms with van der Waals surface area (Å²) in [5, 5.41) is 0.849. The average Bonchev–Trinajstić information content (AvgIpc) is 2.93. The van der Waals surface area contributed by atoms with E-state index in [0.717, 1.165) is 16.5 Å². The predicted molar refractivity (Wildman–Crippen MR) is 79.5 cm³/mol. The maximum Gasteiger partial charge on any atom is 0.374 e. The van der Waals surface area contributed by atoms with Crippen LogP contribution in [0.25, 0.3) is 22.1 Å². The van der Waals surface area contributed by atoms with Gasteiger partial charge >= 0.3 is 5.97 Å². The molecule has 0 bridgehead atoms. The number of carbonyl (C=O) groups excluding carboxylic acids is 1. The molecule has 4 nitrogen and oxygen atoms in total. The molecule has 0 atom stereocenters. The van der Waals surface area contributed by atoms with Gasteiger partial charge in [-0.1, -0.05) is 30.3 Å². The summed E-state index contributed by atoms with van der Waals surface area (Å²) in [6, 6.07) is 15.1. The predicted octanol–water partition coefficient (Wildman–Crippen LogP) is 3.90. The SMILES string of the molecule is COC(=O)c1oc2cc(OC)ccc2c1-c1ccccc1. The summed E-state index contributed by atoms with van der Waals surface area (Å²) in [5.74, 6) is 0.378. The largest absolute Gasteiger partial charge is 0.497 e. The van der Waals surface area contributed by atoms with E-state index in [4.69, 9.17) is 13.9 Å². The van der Waals surface area contributed by atoms with Crippen molar-refractivity contribution in [1.29, 1.82) is 0 Å². The van der Waals surface area contributed by atoms with Crippen LogP contribution in [-0.4, -0.2) is 20.2 Å². The van der Waals surface area contributed by atoms with Crippen molar-refractivity contribution < 1.29 is 18.7 Å². The Hall–Kier alpha value is -2.75. The second-order valence-electron chi connectivity index (χ2n) is 4.53. The van der Waals surface area contributed by atoms with Crippen LogP contribution in [0.3, 0.4) is 0 Å². The molecule has 0 saturated carbocycles. The van der Waals surface area contributed by atoms with Crippen molar-refractivity contribution in [3.63, 3.8) is 0 Å². The standard InChI is InChI=1S/C17H14O4/c1-19-12-8-9-13-14(10-12)21-16(17(18)20-2)15(13)11-6-4-3-5-7-11/h3-10H,1-2H3. The van der Waals surface area contributed by atoms with Gasteiger partial charge in [-0.15, -0.1) is 0 Å². The molecular formula is C17H14O4. The molecule has 0 amide bonds. The molecule has 3 aromatic rings. The van der Waals surface area contributed by atoms with Gasteiger partial charge in [-0.25, -0.2) is 4.79 Å². The van der Waals surface area contributed by atoms with Crippen molar-refractivity contribution in [2.75, 3.05) is 14.2 Å². The third-order valence-electron chi connectivity index (χ3n) is 3.33. The zero-order valence-corrected chi connectivity index (χ0v) is 11.8. The Bertz CT molecular complexity index is 787. The monoisotopic (exact) mass is 282 g/mol. The van der Waals surface area contributed by atoms with Crippen molar-refractivity contribution in [3.8, 4) is 16.9 Å². The van der Waals surface area contributed by atoms with E-state index < -0.39 is 5.97 Å². The molecule has 0 aliphatic heterocycles. The number of methoxy groups -OCH3 is 2. The first-order valence-electron chi connectivity index (χ1n) is 6.49. The minimum Gasteiger partial charge on any atom is -0.497 e. The maximum atomic E-state index is 12.0. The number of rotatable bonds is 3. The summed E-state index contributed by atoms with van der Waals surface area (Å²) >= 11 is 0. The van der Waals surface area contributed by atoms with Gasteiger partial charge in [-0.3, -0.25) is 0 Å². The van der Waals surface area contributed by atoms with Gasteiger partial charge in [-0.2, -0.15) is 0 Å². The van der Waals surface area contributed by atoms with Crippen LogP contribution in [0.4, 0.5) is 0 Å². The van der Waals surface area contributed by atoms with Crippen LogP contribution in [0.15, 0.2) is 52.9 Å². The molecule has 106 valence electrons. The Morgan fingerprint density at radius 3 is 2.48 bits per heavy atom. The average molecular weight is 282 g/mol. The zero-order chi connectivity index (χ0) is 14.8. The molecule has 1 aromatic heterocycles. The van der Waals surface area contributed by atoms with Crippen molar-refractivity contribution in [3.05, 3.63) is 54.3 Å². The Labute approximate surface area is 121 Å². The lowest BCUT2D eigenvalue weighted by molar-refractivity contribution is 0.0569. The van der Waals surface area contributed by atoms with E-state index in [9.17, 15) is 4.79 Å². The van der Waals surface area contributed by atoms with E-state index in [1.165, 1.54) is 7.11 Å². The second-order valence-corrected chi connectivity index (χ2v) is 4.53. The Balaban J connectivity index is 2.31. The number of hydrogen-bond donors (Lipinski definition) is 0. The van der Waals surface area contributed by atoms with E-state index in [1.54, 1.807) is 13.2 Å². The number of esters is 1. The van der Waals surface area contributed by atoms with Crippen LogP contribution in [0.1, 0.15) is 10.6 Å². The van der Waals surface area contributed by atoms with Crippen LogP contribution in [0, 0.1) is 0 Å². The molecule has 0 spiro atoms. The van der Waals surface area contributed by atoms with Gasteiger partial charge in [0.15, 0.2) is 0 Å². The van der Waals surface area contributed by atoms with Gasteiger partial charge < -0.3 is 13.9 Å². The normalized spacial score (nSPS) is 10.6. The van der Waals surface area contributed by atoms with Crippen LogP contribution < -0.4 is 4.74 Å². The fraction of sp³-hybridized carbons (Fsp3) is 0.118. The van der Waals surface area contributed by atoms with Crippen molar-refractivity contribution >= 4 is 16.9 Å².